The fourth-order valence-corrected chi connectivity index (χ4v) is 2.49. The highest BCUT2D eigenvalue weighted by atomic mass is 35.5. The molecule has 0 N–H and O–H groups in total. The van der Waals surface area contributed by atoms with Gasteiger partial charge < -0.3 is 9.53 Å². The monoisotopic (exact) mass is 252 g/mol. The van der Waals surface area contributed by atoms with E-state index in [-0.39, 0.29) is 5.92 Å². The van der Waals surface area contributed by atoms with Crippen LogP contribution in [0.5, 0.6) is 5.75 Å². The quantitative estimate of drug-likeness (QED) is 0.743. The van der Waals surface area contributed by atoms with Crippen LogP contribution >= 0.6 is 11.6 Å². The first-order valence-corrected chi connectivity index (χ1v) is 6.36. The molecular weight excluding hydrogens is 236 g/mol. The van der Waals surface area contributed by atoms with Crippen LogP contribution in [-0.2, 0) is 4.79 Å². The minimum atomic E-state index is 0.187. The van der Waals surface area contributed by atoms with Crippen LogP contribution < -0.4 is 4.74 Å². The van der Waals surface area contributed by atoms with Crippen molar-refractivity contribution in [2.75, 3.05) is 7.11 Å². The molecule has 3 heteroatoms. The van der Waals surface area contributed by atoms with Crippen LogP contribution in [-0.4, -0.2) is 13.4 Å². The highest BCUT2D eigenvalue weighted by molar-refractivity contribution is 6.31. The van der Waals surface area contributed by atoms with Crippen molar-refractivity contribution in [3.05, 3.63) is 28.3 Å². The van der Waals surface area contributed by atoms with Crippen LogP contribution in [0.2, 0.25) is 5.02 Å². The lowest BCUT2D eigenvalue weighted by Crippen LogP contribution is -1.99. The number of aldehydes is 1. The standard InChI is InChI=1S/C14H17ClO2/c1-9(5-6-16)11-7-12(15)14(10-3-4-10)13(8-11)17-2/h6-10H,3-5H2,1-2H3. The molecule has 1 saturated carbocycles. The van der Waals surface area contributed by atoms with Crippen molar-refractivity contribution in [2.45, 2.75) is 38.0 Å². The van der Waals surface area contributed by atoms with Gasteiger partial charge in [0.05, 0.1) is 7.11 Å². The Morgan fingerprint density at radius 2 is 2.24 bits per heavy atom. The summed E-state index contributed by atoms with van der Waals surface area (Å²) in [5.74, 6) is 1.62. The first-order valence-electron chi connectivity index (χ1n) is 5.98. The normalized spacial score (nSPS) is 16.6. The van der Waals surface area contributed by atoms with Gasteiger partial charge in [0.25, 0.3) is 0 Å². The van der Waals surface area contributed by atoms with Gasteiger partial charge in [0.2, 0.25) is 0 Å². The third-order valence-corrected chi connectivity index (χ3v) is 3.65. The van der Waals surface area contributed by atoms with Crippen molar-refractivity contribution in [1.29, 1.82) is 0 Å². The molecule has 1 aliphatic carbocycles. The third-order valence-electron chi connectivity index (χ3n) is 3.34. The molecule has 1 aliphatic rings. The van der Waals surface area contributed by atoms with Gasteiger partial charge in [-0.2, -0.15) is 0 Å². The Kier molecular flexibility index (Phi) is 3.72. The number of hydrogen-bond acceptors (Lipinski definition) is 2. The average molecular weight is 253 g/mol. The Hall–Kier alpha value is -1.02. The molecule has 0 aliphatic heterocycles. The van der Waals surface area contributed by atoms with Crippen LogP contribution in [0, 0.1) is 0 Å². The molecule has 2 nitrogen and oxygen atoms in total. The first kappa shape index (κ1) is 12.4. The summed E-state index contributed by atoms with van der Waals surface area (Å²) in [4.78, 5) is 10.5. The highest BCUT2D eigenvalue weighted by Gasteiger charge is 2.29. The topological polar surface area (TPSA) is 26.3 Å². The zero-order valence-electron chi connectivity index (χ0n) is 10.2. The van der Waals surface area contributed by atoms with Crippen LogP contribution in [0.25, 0.3) is 0 Å². The lowest BCUT2D eigenvalue weighted by molar-refractivity contribution is -0.108. The second kappa shape index (κ2) is 5.09. The van der Waals surface area contributed by atoms with Crippen molar-refractivity contribution in [3.8, 4) is 5.75 Å². The summed E-state index contributed by atoms with van der Waals surface area (Å²) in [6, 6.07) is 4.00. The van der Waals surface area contributed by atoms with Gasteiger partial charge in [0.15, 0.2) is 0 Å². The zero-order valence-corrected chi connectivity index (χ0v) is 11.0. The van der Waals surface area contributed by atoms with E-state index in [9.17, 15) is 4.79 Å². The van der Waals surface area contributed by atoms with Crippen molar-refractivity contribution < 1.29 is 9.53 Å². The maximum absolute atomic E-state index is 10.5. The number of rotatable bonds is 5. The molecule has 0 heterocycles. The molecule has 1 aromatic rings. The predicted octanol–water partition coefficient (Wildman–Crippen LogP) is 3.92. The average Bonchev–Trinajstić information content (AvgIpc) is 3.12. The minimum absolute atomic E-state index is 0.187. The van der Waals surface area contributed by atoms with Gasteiger partial charge in [-0.25, -0.2) is 0 Å². The number of ether oxygens (including phenoxy) is 1. The molecule has 92 valence electrons. The van der Waals surface area contributed by atoms with Gasteiger partial charge in [-0.1, -0.05) is 18.5 Å². The molecule has 2 rings (SSSR count). The number of carbonyl (C=O) groups is 1. The van der Waals surface area contributed by atoms with Crippen molar-refractivity contribution >= 4 is 17.9 Å². The molecule has 17 heavy (non-hydrogen) atoms. The van der Waals surface area contributed by atoms with Gasteiger partial charge in [0, 0.05) is 17.0 Å². The Morgan fingerprint density at radius 3 is 2.76 bits per heavy atom. The SMILES string of the molecule is COc1cc(C(C)CC=O)cc(Cl)c1C1CC1. The molecule has 1 atom stereocenters. The molecule has 0 bridgehead atoms. The van der Waals surface area contributed by atoms with Crippen molar-refractivity contribution in [1.82, 2.24) is 0 Å². The van der Waals surface area contributed by atoms with E-state index in [2.05, 4.69) is 0 Å². The fourth-order valence-electron chi connectivity index (χ4n) is 2.11. The Bertz CT molecular complexity index is 424. The van der Waals surface area contributed by atoms with Crippen LogP contribution in [0.1, 0.15) is 49.1 Å². The second-order valence-corrected chi connectivity index (χ2v) is 5.10. The van der Waals surface area contributed by atoms with Crippen molar-refractivity contribution in [2.24, 2.45) is 0 Å². The number of benzene rings is 1. The Labute approximate surface area is 107 Å². The summed E-state index contributed by atoms with van der Waals surface area (Å²) in [5, 5.41) is 0.777. The van der Waals surface area contributed by atoms with Gasteiger partial charge in [-0.15, -0.1) is 0 Å². The molecule has 0 radical (unpaired) electrons. The van der Waals surface area contributed by atoms with Crippen LogP contribution in [0.15, 0.2) is 12.1 Å². The predicted molar refractivity (Wildman–Crippen MR) is 69.1 cm³/mol. The van der Waals surface area contributed by atoms with Gasteiger partial charge in [-0.3, -0.25) is 0 Å². The Morgan fingerprint density at radius 1 is 1.53 bits per heavy atom. The highest BCUT2D eigenvalue weighted by Crippen LogP contribution is 2.48. The zero-order chi connectivity index (χ0) is 12.4. The van der Waals surface area contributed by atoms with Crippen LogP contribution in [0.3, 0.4) is 0 Å². The fraction of sp³-hybridized carbons (Fsp3) is 0.500. The molecule has 0 saturated heterocycles. The van der Waals surface area contributed by atoms with E-state index in [1.807, 2.05) is 19.1 Å². The van der Waals surface area contributed by atoms with E-state index in [4.69, 9.17) is 16.3 Å². The maximum Gasteiger partial charge on any atom is 0.124 e. The lowest BCUT2D eigenvalue weighted by Gasteiger charge is -2.15. The lowest BCUT2D eigenvalue weighted by atomic mass is 9.95. The number of methoxy groups -OCH3 is 1. The van der Waals surface area contributed by atoms with Gasteiger partial charge in [0.1, 0.15) is 12.0 Å². The summed E-state index contributed by atoms with van der Waals surface area (Å²) < 4.78 is 5.42. The molecule has 0 amide bonds. The maximum atomic E-state index is 10.5. The van der Waals surface area contributed by atoms with E-state index in [1.165, 1.54) is 12.8 Å². The molecular formula is C14H17ClO2. The summed E-state index contributed by atoms with van der Waals surface area (Å²) >= 11 is 6.32. The molecule has 0 aromatic heterocycles. The van der Waals surface area contributed by atoms with E-state index >= 15 is 0 Å². The second-order valence-electron chi connectivity index (χ2n) is 4.70. The van der Waals surface area contributed by atoms with E-state index in [1.54, 1.807) is 7.11 Å². The molecule has 1 aromatic carbocycles. The van der Waals surface area contributed by atoms with E-state index < -0.39 is 0 Å². The van der Waals surface area contributed by atoms with E-state index in [0.717, 1.165) is 28.2 Å². The molecule has 1 unspecified atom stereocenters. The summed E-state index contributed by atoms with van der Waals surface area (Å²) in [7, 11) is 1.67. The van der Waals surface area contributed by atoms with Gasteiger partial charge in [-0.05, 0) is 42.4 Å². The number of carbonyl (C=O) groups excluding carboxylic acids is 1. The number of halogens is 1. The molecule has 1 fully saturated rings. The smallest absolute Gasteiger partial charge is 0.124 e. The summed E-state index contributed by atoms with van der Waals surface area (Å²) in [6.45, 7) is 2.02. The first-order chi connectivity index (χ1) is 8.17. The summed E-state index contributed by atoms with van der Waals surface area (Å²) in [6.07, 6.45) is 3.85. The minimum Gasteiger partial charge on any atom is -0.496 e. The molecule has 0 spiro atoms. The van der Waals surface area contributed by atoms with Gasteiger partial charge >= 0.3 is 0 Å². The van der Waals surface area contributed by atoms with Crippen LogP contribution in [0.4, 0.5) is 0 Å². The summed E-state index contributed by atoms with van der Waals surface area (Å²) in [5.41, 5.74) is 2.21. The largest absolute Gasteiger partial charge is 0.496 e. The number of hydrogen-bond donors (Lipinski definition) is 0. The van der Waals surface area contributed by atoms with E-state index in [0.29, 0.717) is 12.3 Å². The van der Waals surface area contributed by atoms with Crippen molar-refractivity contribution in [3.63, 3.8) is 0 Å². The third kappa shape index (κ3) is 2.63. The Balaban J connectivity index is 2.36.